The summed E-state index contributed by atoms with van der Waals surface area (Å²) in [6.45, 7) is 9.69. The normalized spacial score (nSPS) is 18.8. The predicted molar refractivity (Wildman–Crippen MR) is 112 cm³/mol. The first-order valence-corrected chi connectivity index (χ1v) is 10.4. The number of aromatic carboxylic acids is 1. The number of rotatable bonds is 5. The van der Waals surface area contributed by atoms with Crippen LogP contribution < -0.4 is 10.3 Å². The first-order valence-electron chi connectivity index (χ1n) is 10.4. The van der Waals surface area contributed by atoms with Gasteiger partial charge in [-0.3, -0.25) is 14.6 Å². The molecule has 0 atom stereocenters. The molecular weight excluding hydrogens is 391 g/mol. The van der Waals surface area contributed by atoms with E-state index in [-0.39, 0.29) is 10.9 Å². The average molecular weight is 418 g/mol. The first-order chi connectivity index (χ1) is 14.5. The fourth-order valence-corrected chi connectivity index (χ4v) is 4.21. The highest BCUT2D eigenvalue weighted by molar-refractivity contribution is 5.93. The smallest absolute Gasteiger partial charge is 0.341 e. The van der Waals surface area contributed by atoms with Crippen molar-refractivity contribution in [3.05, 3.63) is 39.9 Å². The number of anilines is 1. The Hall–Kier alpha value is -2.49. The Morgan fingerprint density at radius 1 is 1.10 bits per heavy atom. The van der Waals surface area contributed by atoms with E-state index in [2.05, 4.69) is 9.80 Å². The van der Waals surface area contributed by atoms with Crippen molar-refractivity contribution < 1.29 is 19.0 Å². The lowest BCUT2D eigenvalue weighted by Crippen LogP contribution is -2.52. The van der Waals surface area contributed by atoms with E-state index in [0.717, 1.165) is 46.1 Å². The molecule has 0 unspecified atom stereocenters. The van der Waals surface area contributed by atoms with Crippen molar-refractivity contribution in [3.8, 4) is 0 Å². The van der Waals surface area contributed by atoms with Gasteiger partial charge in [0.25, 0.3) is 0 Å². The molecular formula is C21H27FN4O4. The number of pyridine rings is 1. The summed E-state index contributed by atoms with van der Waals surface area (Å²) >= 11 is 0. The zero-order valence-corrected chi connectivity index (χ0v) is 17.1. The summed E-state index contributed by atoms with van der Waals surface area (Å²) in [5.74, 6) is -1.80. The number of morpholine rings is 1. The van der Waals surface area contributed by atoms with E-state index in [1.165, 1.54) is 12.3 Å². The van der Waals surface area contributed by atoms with Crippen molar-refractivity contribution in [3.63, 3.8) is 0 Å². The fraction of sp³-hybridized carbons (Fsp3) is 0.524. The van der Waals surface area contributed by atoms with E-state index in [9.17, 15) is 19.1 Å². The number of aromatic nitrogens is 1. The molecule has 3 heterocycles. The van der Waals surface area contributed by atoms with Crippen LogP contribution in [0.2, 0.25) is 0 Å². The fourth-order valence-electron chi connectivity index (χ4n) is 4.21. The Morgan fingerprint density at radius 2 is 1.77 bits per heavy atom. The zero-order valence-electron chi connectivity index (χ0n) is 17.1. The van der Waals surface area contributed by atoms with Gasteiger partial charge in [-0.2, -0.15) is 0 Å². The van der Waals surface area contributed by atoms with Gasteiger partial charge < -0.3 is 19.3 Å². The molecule has 0 saturated carbocycles. The van der Waals surface area contributed by atoms with Crippen molar-refractivity contribution in [1.29, 1.82) is 0 Å². The number of nitrogens with zero attached hydrogens (tertiary/aromatic N) is 4. The minimum Gasteiger partial charge on any atom is -0.477 e. The predicted octanol–water partition coefficient (Wildman–Crippen LogP) is 1.27. The van der Waals surface area contributed by atoms with Gasteiger partial charge in [0.1, 0.15) is 11.4 Å². The Morgan fingerprint density at radius 3 is 2.40 bits per heavy atom. The summed E-state index contributed by atoms with van der Waals surface area (Å²) in [5.41, 5.74) is 0.0223. The van der Waals surface area contributed by atoms with Gasteiger partial charge in [0.15, 0.2) is 0 Å². The summed E-state index contributed by atoms with van der Waals surface area (Å²) in [6, 6.07) is 2.87. The molecule has 0 radical (unpaired) electrons. The van der Waals surface area contributed by atoms with Crippen LogP contribution in [0.3, 0.4) is 0 Å². The molecule has 2 fully saturated rings. The lowest BCUT2D eigenvalue weighted by molar-refractivity contribution is 0.00882. The number of ether oxygens (including phenoxy) is 1. The highest BCUT2D eigenvalue weighted by Crippen LogP contribution is 2.26. The molecule has 2 aliphatic rings. The Kier molecular flexibility index (Phi) is 6.03. The van der Waals surface area contributed by atoms with Crippen LogP contribution in [0.1, 0.15) is 17.3 Å². The molecule has 9 heteroatoms. The van der Waals surface area contributed by atoms with Gasteiger partial charge in [0.05, 0.1) is 31.1 Å². The third-order valence-corrected chi connectivity index (χ3v) is 5.94. The molecule has 0 spiro atoms. The van der Waals surface area contributed by atoms with Gasteiger partial charge in [-0.15, -0.1) is 0 Å². The molecule has 1 aromatic heterocycles. The summed E-state index contributed by atoms with van der Waals surface area (Å²) < 4.78 is 22.0. The molecule has 30 heavy (non-hydrogen) atoms. The Bertz CT molecular complexity index is 995. The zero-order chi connectivity index (χ0) is 21.3. The van der Waals surface area contributed by atoms with Crippen LogP contribution in [0.15, 0.2) is 23.1 Å². The van der Waals surface area contributed by atoms with E-state index >= 15 is 0 Å². The maximum Gasteiger partial charge on any atom is 0.341 e. The number of carboxylic acid groups (broad SMARTS) is 1. The van der Waals surface area contributed by atoms with Gasteiger partial charge in [-0.25, -0.2) is 9.18 Å². The van der Waals surface area contributed by atoms with Crippen LogP contribution in [0.4, 0.5) is 10.1 Å². The number of aryl methyl sites for hydroxylation is 1. The molecule has 4 rings (SSSR count). The monoisotopic (exact) mass is 418 g/mol. The highest BCUT2D eigenvalue weighted by atomic mass is 19.1. The summed E-state index contributed by atoms with van der Waals surface area (Å²) in [6.07, 6.45) is 1.34. The number of hydrogen-bond donors (Lipinski definition) is 1. The number of carboxylic acids is 1. The topological polar surface area (TPSA) is 78.2 Å². The second-order valence-corrected chi connectivity index (χ2v) is 7.76. The highest BCUT2D eigenvalue weighted by Gasteiger charge is 2.23. The molecule has 162 valence electrons. The molecule has 0 aliphatic carbocycles. The van der Waals surface area contributed by atoms with E-state index in [1.807, 2.05) is 11.8 Å². The third-order valence-electron chi connectivity index (χ3n) is 5.94. The lowest BCUT2D eigenvalue weighted by Gasteiger charge is -2.39. The molecule has 2 aromatic rings. The molecule has 8 nitrogen and oxygen atoms in total. The lowest BCUT2D eigenvalue weighted by atomic mass is 10.1. The number of halogens is 1. The molecule has 0 amide bonds. The number of hydrogen-bond acceptors (Lipinski definition) is 6. The number of carbonyl (C=O) groups is 1. The van der Waals surface area contributed by atoms with E-state index < -0.39 is 17.2 Å². The average Bonchev–Trinajstić information content (AvgIpc) is 2.75. The summed E-state index contributed by atoms with van der Waals surface area (Å²) in [7, 11) is 0. The molecule has 0 bridgehead atoms. The first kappa shape index (κ1) is 20.8. The van der Waals surface area contributed by atoms with Crippen molar-refractivity contribution in [2.24, 2.45) is 0 Å². The van der Waals surface area contributed by atoms with Crippen molar-refractivity contribution in [2.75, 3.05) is 64.1 Å². The molecule has 1 N–H and O–H groups in total. The third kappa shape index (κ3) is 4.05. The van der Waals surface area contributed by atoms with Crippen LogP contribution in [-0.4, -0.2) is 84.6 Å². The van der Waals surface area contributed by atoms with Crippen LogP contribution in [0.5, 0.6) is 0 Å². The van der Waals surface area contributed by atoms with Crippen LogP contribution >= 0.6 is 0 Å². The number of fused-ring (bicyclic) bond motifs is 1. The Labute approximate surface area is 174 Å². The largest absolute Gasteiger partial charge is 0.477 e. The maximum atomic E-state index is 14.9. The van der Waals surface area contributed by atoms with Crippen LogP contribution in [0, 0.1) is 5.82 Å². The second-order valence-electron chi connectivity index (χ2n) is 7.76. The van der Waals surface area contributed by atoms with E-state index in [4.69, 9.17) is 4.74 Å². The summed E-state index contributed by atoms with van der Waals surface area (Å²) in [5, 5.41) is 9.39. The summed E-state index contributed by atoms with van der Waals surface area (Å²) in [4.78, 5) is 30.6. The quantitative estimate of drug-likeness (QED) is 0.784. The van der Waals surface area contributed by atoms with Gasteiger partial charge in [0, 0.05) is 57.4 Å². The number of benzene rings is 1. The van der Waals surface area contributed by atoms with Crippen molar-refractivity contribution >= 4 is 22.6 Å². The van der Waals surface area contributed by atoms with Gasteiger partial charge >= 0.3 is 5.97 Å². The van der Waals surface area contributed by atoms with Crippen LogP contribution in [-0.2, 0) is 11.3 Å². The standard InChI is InChI=1S/C21H27FN4O4/c1-2-25-13-16(21(28)29)20(27)15-11-17(22)19(12-18(15)25)26-5-3-23(4-6-26)14-24-7-9-30-10-8-24/h11-13H,2-10,14H2,1H3,(H,28,29). The maximum absolute atomic E-state index is 14.9. The molecule has 1 aromatic carbocycles. The van der Waals surface area contributed by atoms with Crippen LogP contribution in [0.25, 0.3) is 10.9 Å². The SMILES string of the molecule is CCn1cc(C(=O)O)c(=O)c2cc(F)c(N3CCN(CN4CCOCC4)CC3)cc21. The van der Waals surface area contributed by atoms with Crippen molar-refractivity contribution in [2.45, 2.75) is 13.5 Å². The van der Waals surface area contributed by atoms with E-state index in [1.54, 1.807) is 10.6 Å². The van der Waals surface area contributed by atoms with Gasteiger partial charge in [-0.1, -0.05) is 0 Å². The van der Waals surface area contributed by atoms with E-state index in [0.29, 0.717) is 30.8 Å². The van der Waals surface area contributed by atoms with Crippen molar-refractivity contribution in [1.82, 2.24) is 14.4 Å². The second kappa shape index (κ2) is 8.71. The van der Waals surface area contributed by atoms with Gasteiger partial charge in [0.2, 0.25) is 5.43 Å². The number of piperazine rings is 1. The minimum absolute atomic E-state index is 0.101. The Balaban J connectivity index is 1.56. The molecule has 2 aliphatic heterocycles. The minimum atomic E-state index is -1.30. The molecule has 2 saturated heterocycles. The van der Waals surface area contributed by atoms with Gasteiger partial charge in [-0.05, 0) is 19.1 Å².